The molecule has 4 aliphatic rings. The average Bonchev–Trinajstić information content (AvgIpc) is 3.12. The third kappa shape index (κ3) is 6.57. The van der Waals surface area contributed by atoms with Crippen LogP contribution in [-0.2, 0) is 32.3 Å². The molecule has 2 N–H and O–H groups in total. The minimum atomic E-state index is -2.48. The predicted molar refractivity (Wildman–Crippen MR) is 214 cm³/mol. The van der Waals surface area contributed by atoms with Crippen molar-refractivity contribution >= 4 is 36.7 Å². The van der Waals surface area contributed by atoms with Crippen molar-refractivity contribution in [1.29, 1.82) is 0 Å². The topological polar surface area (TPSA) is 121 Å². The van der Waals surface area contributed by atoms with E-state index in [0.29, 0.717) is 6.42 Å². The van der Waals surface area contributed by atoms with Gasteiger partial charge in [-0.2, -0.15) is 0 Å². The lowest BCUT2D eigenvalue weighted by Gasteiger charge is -2.68. The highest BCUT2D eigenvalue weighted by Crippen LogP contribution is 2.65. The van der Waals surface area contributed by atoms with Crippen molar-refractivity contribution in [2.45, 2.75) is 206 Å². The smallest absolute Gasteiger partial charge is 0.303 e. The summed E-state index contributed by atoms with van der Waals surface area (Å²) in [7, 11) is -7.05. The molecule has 12 heteroatoms. The molecule has 300 valence electrons. The number of esters is 1. The molecule has 0 aromatic carbocycles. The average molecular weight is 783 g/mol. The molecule has 3 fully saturated rings. The lowest BCUT2D eigenvalue weighted by atomic mass is 9.45. The van der Waals surface area contributed by atoms with Crippen molar-refractivity contribution in [3.05, 3.63) is 11.1 Å². The van der Waals surface area contributed by atoms with Gasteiger partial charge in [0.05, 0.1) is 30.3 Å². The summed E-state index contributed by atoms with van der Waals surface area (Å²) < 4.78 is 34.6. The molecule has 9 nitrogen and oxygen atoms in total. The monoisotopic (exact) mass is 782 g/mol. The van der Waals surface area contributed by atoms with Crippen molar-refractivity contribution in [3.63, 3.8) is 0 Å². The number of ether oxygens (including phenoxy) is 2. The number of aliphatic hydroxyl groups is 2. The Morgan fingerprint density at radius 2 is 1.27 bits per heavy atom. The molecular formula is C40H74O9Si3. The summed E-state index contributed by atoms with van der Waals surface area (Å²) in [5.74, 6) is -1.67. The first-order valence-electron chi connectivity index (χ1n) is 20.8. The number of aliphatic hydroxyl groups excluding tert-OH is 1. The number of carbonyl (C=O) groups excluding carboxylic acids is 2. The minimum Gasteiger partial charge on any atom is -0.454 e. The molecule has 0 aromatic rings. The zero-order chi connectivity index (χ0) is 39.3. The van der Waals surface area contributed by atoms with Crippen LogP contribution in [0.15, 0.2) is 11.1 Å². The normalized spacial score (nSPS) is 36.3. The Labute approximate surface area is 318 Å². The van der Waals surface area contributed by atoms with Gasteiger partial charge in [-0.3, -0.25) is 9.59 Å². The van der Waals surface area contributed by atoms with Crippen molar-refractivity contribution in [3.8, 4) is 0 Å². The second-order valence-corrected chi connectivity index (χ2v) is 31.6. The minimum absolute atomic E-state index is 0.0330. The van der Waals surface area contributed by atoms with Gasteiger partial charge in [0.2, 0.25) is 0 Å². The number of ketones is 1. The Balaban J connectivity index is 2.14. The molecule has 0 aromatic heterocycles. The summed E-state index contributed by atoms with van der Waals surface area (Å²) in [6.45, 7) is 28.9. The van der Waals surface area contributed by atoms with Crippen molar-refractivity contribution in [2.24, 2.45) is 16.7 Å². The van der Waals surface area contributed by atoms with E-state index in [9.17, 15) is 15.0 Å². The Morgan fingerprint density at radius 1 is 0.808 bits per heavy atom. The second kappa shape index (κ2) is 15.7. The van der Waals surface area contributed by atoms with Gasteiger partial charge in [-0.15, -0.1) is 0 Å². The molecule has 1 heterocycles. The van der Waals surface area contributed by atoms with E-state index in [1.54, 1.807) is 0 Å². The Morgan fingerprint density at radius 3 is 1.69 bits per heavy atom. The van der Waals surface area contributed by atoms with E-state index in [0.717, 1.165) is 65.5 Å². The van der Waals surface area contributed by atoms with Crippen LogP contribution in [0.5, 0.6) is 0 Å². The Hall–Kier alpha value is -0.709. The van der Waals surface area contributed by atoms with E-state index in [1.165, 1.54) is 6.92 Å². The summed E-state index contributed by atoms with van der Waals surface area (Å²) in [4.78, 5) is 29.3. The zero-order valence-electron chi connectivity index (χ0n) is 35.2. The van der Waals surface area contributed by atoms with Crippen LogP contribution in [0, 0.1) is 16.7 Å². The van der Waals surface area contributed by atoms with E-state index in [-0.39, 0.29) is 18.8 Å². The SMILES string of the molecule is CC[Si](CC)(CC)O[C@H]1C(=O)[C@@]2(C)C(C(O)[C@]3(O)C[C@H](O[Si](CC)(CC)CC)C(C)=C1C3(C)C)[C@]1(OC(C)=O)CO[C@@H]1C[C@@H]2O[Si](CC)(CC)CC. The summed E-state index contributed by atoms with van der Waals surface area (Å²) in [6, 6.07) is 7.92. The molecule has 0 amide bonds. The molecule has 2 unspecified atom stereocenters. The lowest BCUT2D eigenvalue weighted by molar-refractivity contribution is -0.345. The van der Waals surface area contributed by atoms with Crippen LogP contribution in [0.1, 0.15) is 110 Å². The third-order valence-electron chi connectivity index (χ3n) is 15.6. The molecule has 9 atom stereocenters. The summed E-state index contributed by atoms with van der Waals surface area (Å²) >= 11 is 0. The fourth-order valence-corrected chi connectivity index (χ4v) is 19.5. The van der Waals surface area contributed by atoms with Crippen LogP contribution in [0.2, 0.25) is 54.4 Å². The van der Waals surface area contributed by atoms with E-state index < -0.39 is 89.4 Å². The van der Waals surface area contributed by atoms with Gasteiger partial charge < -0.3 is 33.0 Å². The quantitative estimate of drug-likeness (QED) is 0.0905. The van der Waals surface area contributed by atoms with Gasteiger partial charge in [-0.05, 0) is 79.4 Å². The standard InChI is InChI=1S/C40H74O9Si3/c1-15-50(16-2,17-3)47-29-25-40(44)36(43)34-38(14,35(42)33(32(27(29)10)37(40,12)13)49-52(21-7,22-8)23-9)30(48-51(18-4,19-5)20-6)24-31-39(34,26-45-31)46-28(11)41/h29-31,33-34,36,43-44H,15-26H2,1-14H3/t29-,30-,31+,33+,34?,36?,38+,39-,40+/m0/s1. The maximum Gasteiger partial charge on any atom is 0.303 e. The Bertz CT molecular complexity index is 1320. The second-order valence-electron chi connectivity index (χ2n) is 17.4. The summed E-state index contributed by atoms with van der Waals surface area (Å²) in [6.07, 6.45) is -3.69. The van der Waals surface area contributed by atoms with Gasteiger partial charge in [0.1, 0.15) is 17.8 Å². The Kier molecular flexibility index (Phi) is 13.3. The molecule has 1 saturated heterocycles. The van der Waals surface area contributed by atoms with E-state index in [1.807, 2.05) is 20.8 Å². The molecular weight excluding hydrogens is 709 g/mol. The van der Waals surface area contributed by atoms with E-state index >= 15 is 4.79 Å². The van der Waals surface area contributed by atoms with Crippen molar-refractivity contribution in [1.82, 2.24) is 0 Å². The number of hydrogen-bond acceptors (Lipinski definition) is 9. The van der Waals surface area contributed by atoms with Crippen LogP contribution >= 0.6 is 0 Å². The lowest BCUT2D eigenvalue weighted by Crippen LogP contribution is -2.82. The largest absolute Gasteiger partial charge is 0.454 e. The number of Topliss-reactive ketones (excluding diaryl/α,β-unsaturated/α-hetero) is 1. The van der Waals surface area contributed by atoms with Gasteiger partial charge in [0.25, 0.3) is 0 Å². The first-order valence-corrected chi connectivity index (χ1v) is 28.4. The maximum absolute atomic E-state index is 16.3. The highest BCUT2D eigenvalue weighted by Gasteiger charge is 2.77. The molecule has 4 rings (SSSR count). The van der Waals surface area contributed by atoms with Crippen LogP contribution < -0.4 is 0 Å². The molecule has 0 radical (unpaired) electrons. The first-order chi connectivity index (χ1) is 24.3. The zero-order valence-corrected chi connectivity index (χ0v) is 38.2. The van der Waals surface area contributed by atoms with Crippen LogP contribution in [0.4, 0.5) is 0 Å². The predicted octanol–water partition coefficient (Wildman–Crippen LogP) is 8.31. The molecule has 2 saturated carbocycles. The highest BCUT2D eigenvalue weighted by molar-refractivity contribution is 6.74. The van der Waals surface area contributed by atoms with Crippen molar-refractivity contribution in [2.75, 3.05) is 6.61 Å². The van der Waals surface area contributed by atoms with Crippen LogP contribution in [0.3, 0.4) is 0 Å². The fourth-order valence-electron chi connectivity index (χ4n) is 11.0. The molecule has 1 aliphatic heterocycles. The van der Waals surface area contributed by atoms with Gasteiger partial charge in [-0.1, -0.05) is 76.2 Å². The number of hydrogen-bond donors (Lipinski definition) is 2. The molecule has 3 aliphatic carbocycles. The summed E-state index contributed by atoms with van der Waals surface area (Å²) in [5.41, 5.74) is -3.89. The number of carbonyl (C=O) groups is 2. The van der Waals surface area contributed by atoms with Gasteiger partial charge >= 0.3 is 5.97 Å². The van der Waals surface area contributed by atoms with E-state index in [2.05, 4.69) is 69.2 Å². The molecule has 2 bridgehead atoms. The maximum atomic E-state index is 16.3. The van der Waals surface area contributed by atoms with Crippen molar-refractivity contribution < 1.29 is 42.6 Å². The molecule has 0 spiro atoms. The van der Waals surface area contributed by atoms with Gasteiger partial charge in [-0.25, -0.2) is 0 Å². The van der Waals surface area contributed by atoms with Crippen LogP contribution in [-0.4, -0.2) is 95.2 Å². The van der Waals surface area contributed by atoms with Gasteiger partial charge in [0.15, 0.2) is 36.3 Å². The van der Waals surface area contributed by atoms with E-state index in [4.69, 9.17) is 22.8 Å². The number of fused-ring (bicyclic) bond motifs is 5. The van der Waals surface area contributed by atoms with Gasteiger partial charge in [0, 0.05) is 31.1 Å². The molecule has 52 heavy (non-hydrogen) atoms. The highest BCUT2D eigenvalue weighted by atomic mass is 28.4. The van der Waals surface area contributed by atoms with Crippen LogP contribution in [0.25, 0.3) is 0 Å². The number of rotatable bonds is 16. The summed E-state index contributed by atoms with van der Waals surface area (Å²) in [5, 5.41) is 26.8. The fraction of sp³-hybridized carbons (Fsp3) is 0.900. The first kappa shape index (κ1) is 44.0. The third-order valence-corrected chi connectivity index (χ3v) is 29.5.